The molecular formula is C28H32FN3O4S. The molecule has 0 aliphatic rings. The number of hydrogen-bond acceptors (Lipinski definition) is 4. The van der Waals surface area contributed by atoms with Crippen LogP contribution in [0.1, 0.15) is 32.3 Å². The predicted octanol–water partition coefficient (Wildman–Crippen LogP) is 4.35. The monoisotopic (exact) mass is 525 g/mol. The maximum absolute atomic E-state index is 13.8. The first-order valence-electron chi connectivity index (χ1n) is 12.2. The molecule has 1 N–H and O–H groups in total. The summed E-state index contributed by atoms with van der Waals surface area (Å²) in [7, 11) is -4.17. The minimum absolute atomic E-state index is 0.00513. The van der Waals surface area contributed by atoms with Gasteiger partial charge in [-0.15, -0.1) is 0 Å². The van der Waals surface area contributed by atoms with Gasteiger partial charge in [-0.25, -0.2) is 12.8 Å². The third-order valence-corrected chi connectivity index (χ3v) is 7.64. The number of amides is 2. The Hall–Kier alpha value is -3.72. The van der Waals surface area contributed by atoms with Crippen LogP contribution in [0.2, 0.25) is 0 Å². The van der Waals surface area contributed by atoms with Gasteiger partial charge >= 0.3 is 0 Å². The summed E-state index contributed by atoms with van der Waals surface area (Å²) in [6.07, 6.45) is 1.08. The van der Waals surface area contributed by atoms with Crippen LogP contribution in [0.15, 0.2) is 89.8 Å². The molecule has 0 saturated carbocycles. The number of hydrogen-bond donors (Lipinski definition) is 1. The summed E-state index contributed by atoms with van der Waals surface area (Å²) in [6.45, 7) is 3.77. The summed E-state index contributed by atoms with van der Waals surface area (Å²) in [4.78, 5) is 28.2. The van der Waals surface area contributed by atoms with Crippen LogP contribution in [0.5, 0.6) is 0 Å². The molecule has 196 valence electrons. The fourth-order valence-corrected chi connectivity index (χ4v) is 5.36. The highest BCUT2D eigenvalue weighted by Crippen LogP contribution is 2.25. The number of nitrogens with zero attached hydrogens (tertiary/aromatic N) is 2. The Balaban J connectivity index is 2.02. The van der Waals surface area contributed by atoms with Crippen LogP contribution < -0.4 is 9.62 Å². The van der Waals surface area contributed by atoms with Crippen molar-refractivity contribution in [3.8, 4) is 0 Å². The third-order valence-electron chi connectivity index (χ3n) is 5.86. The number of rotatable bonds is 12. The summed E-state index contributed by atoms with van der Waals surface area (Å²) >= 11 is 0. The van der Waals surface area contributed by atoms with Gasteiger partial charge in [0.05, 0.1) is 10.6 Å². The van der Waals surface area contributed by atoms with E-state index >= 15 is 0 Å². The van der Waals surface area contributed by atoms with E-state index in [-0.39, 0.29) is 23.0 Å². The van der Waals surface area contributed by atoms with Gasteiger partial charge in [0.15, 0.2) is 0 Å². The van der Waals surface area contributed by atoms with Crippen molar-refractivity contribution >= 4 is 27.5 Å². The summed E-state index contributed by atoms with van der Waals surface area (Å²) in [6, 6.07) is 21.1. The van der Waals surface area contributed by atoms with Crippen molar-refractivity contribution in [3.05, 3.63) is 96.3 Å². The average Bonchev–Trinajstić information content (AvgIpc) is 2.92. The highest BCUT2D eigenvalue weighted by molar-refractivity contribution is 7.92. The van der Waals surface area contributed by atoms with Gasteiger partial charge < -0.3 is 10.2 Å². The van der Waals surface area contributed by atoms with Crippen LogP contribution in [0.4, 0.5) is 10.1 Å². The van der Waals surface area contributed by atoms with Crippen molar-refractivity contribution in [2.75, 3.05) is 17.4 Å². The molecule has 0 spiro atoms. The lowest BCUT2D eigenvalue weighted by Gasteiger charge is -2.33. The van der Waals surface area contributed by atoms with Gasteiger partial charge in [0.25, 0.3) is 10.0 Å². The van der Waals surface area contributed by atoms with Gasteiger partial charge in [0.2, 0.25) is 11.8 Å². The minimum atomic E-state index is -4.17. The lowest BCUT2D eigenvalue weighted by molar-refractivity contribution is -0.140. The first-order valence-corrected chi connectivity index (χ1v) is 13.7. The number of benzene rings is 3. The van der Waals surface area contributed by atoms with E-state index in [0.29, 0.717) is 13.0 Å². The zero-order valence-corrected chi connectivity index (χ0v) is 21.8. The molecule has 0 aliphatic carbocycles. The first-order chi connectivity index (χ1) is 17.8. The molecule has 2 amide bonds. The standard InChI is InChI=1S/C28H32FN3O4S/c1-3-19-30-28(34)26(4-2)31(20-22-11-7-5-8-12-22)27(33)21-32(24-17-15-23(29)16-18-24)37(35,36)25-13-9-6-10-14-25/h5-18,26H,3-4,19-21H2,1-2H3,(H,30,34). The molecule has 1 unspecified atom stereocenters. The normalized spacial score (nSPS) is 12.0. The van der Waals surface area contributed by atoms with Crippen molar-refractivity contribution in [1.29, 1.82) is 0 Å². The van der Waals surface area contributed by atoms with Gasteiger partial charge in [0, 0.05) is 13.1 Å². The van der Waals surface area contributed by atoms with Crippen molar-refractivity contribution in [3.63, 3.8) is 0 Å². The van der Waals surface area contributed by atoms with Crippen LogP contribution in [0, 0.1) is 5.82 Å². The van der Waals surface area contributed by atoms with E-state index in [0.717, 1.165) is 28.4 Å². The number of carbonyl (C=O) groups is 2. The second kappa shape index (κ2) is 13.0. The van der Waals surface area contributed by atoms with Gasteiger partial charge in [-0.1, -0.05) is 62.4 Å². The lowest BCUT2D eigenvalue weighted by Crippen LogP contribution is -2.52. The van der Waals surface area contributed by atoms with Crippen molar-refractivity contribution in [1.82, 2.24) is 10.2 Å². The van der Waals surface area contributed by atoms with E-state index in [1.165, 1.54) is 29.2 Å². The highest BCUT2D eigenvalue weighted by Gasteiger charge is 2.33. The SMILES string of the molecule is CCCNC(=O)C(CC)N(Cc1ccccc1)C(=O)CN(c1ccc(F)cc1)S(=O)(=O)c1ccccc1. The maximum Gasteiger partial charge on any atom is 0.264 e. The molecule has 3 aromatic carbocycles. The largest absolute Gasteiger partial charge is 0.354 e. The van der Waals surface area contributed by atoms with Gasteiger partial charge in [-0.2, -0.15) is 0 Å². The molecular weight excluding hydrogens is 493 g/mol. The molecule has 9 heteroatoms. The number of halogens is 1. The average molecular weight is 526 g/mol. The Bertz CT molecular complexity index is 1270. The molecule has 0 aliphatic heterocycles. The fourth-order valence-electron chi connectivity index (χ4n) is 3.92. The van der Waals surface area contributed by atoms with E-state index in [1.807, 2.05) is 37.3 Å². The van der Waals surface area contributed by atoms with E-state index in [2.05, 4.69) is 5.32 Å². The van der Waals surface area contributed by atoms with Crippen LogP contribution in [0.25, 0.3) is 0 Å². The predicted molar refractivity (Wildman–Crippen MR) is 142 cm³/mol. The Morgan fingerprint density at radius 2 is 1.49 bits per heavy atom. The van der Waals surface area contributed by atoms with Crippen LogP contribution in [0.3, 0.4) is 0 Å². The molecule has 7 nitrogen and oxygen atoms in total. The second-order valence-electron chi connectivity index (χ2n) is 8.52. The topological polar surface area (TPSA) is 86.8 Å². The zero-order chi connectivity index (χ0) is 26.8. The van der Waals surface area contributed by atoms with Crippen LogP contribution >= 0.6 is 0 Å². The third kappa shape index (κ3) is 7.16. The van der Waals surface area contributed by atoms with Gasteiger partial charge in [-0.3, -0.25) is 13.9 Å². The molecule has 37 heavy (non-hydrogen) atoms. The number of sulfonamides is 1. The lowest BCUT2D eigenvalue weighted by atomic mass is 10.1. The highest BCUT2D eigenvalue weighted by atomic mass is 32.2. The molecule has 0 aromatic heterocycles. The quantitative estimate of drug-likeness (QED) is 0.381. The second-order valence-corrected chi connectivity index (χ2v) is 10.4. The summed E-state index contributed by atoms with van der Waals surface area (Å²) in [5.41, 5.74) is 0.943. The van der Waals surface area contributed by atoms with E-state index in [4.69, 9.17) is 0 Å². The zero-order valence-electron chi connectivity index (χ0n) is 21.0. The Kier molecular flexibility index (Phi) is 9.79. The molecule has 0 fully saturated rings. The van der Waals surface area contributed by atoms with Crippen LogP contribution in [-0.4, -0.2) is 44.3 Å². The molecule has 0 heterocycles. The van der Waals surface area contributed by atoms with Crippen LogP contribution in [-0.2, 0) is 26.2 Å². The number of carbonyl (C=O) groups excluding carboxylic acids is 2. The molecule has 0 saturated heterocycles. The Morgan fingerprint density at radius 3 is 2.05 bits per heavy atom. The molecule has 3 rings (SSSR count). The maximum atomic E-state index is 13.8. The van der Waals surface area contributed by atoms with Crippen molar-refractivity contribution in [2.45, 2.75) is 44.2 Å². The minimum Gasteiger partial charge on any atom is -0.354 e. The summed E-state index contributed by atoms with van der Waals surface area (Å²) in [5, 5.41) is 2.85. The Morgan fingerprint density at radius 1 is 0.892 bits per heavy atom. The summed E-state index contributed by atoms with van der Waals surface area (Å²) in [5.74, 6) is -1.38. The number of anilines is 1. The van der Waals surface area contributed by atoms with E-state index in [9.17, 15) is 22.4 Å². The molecule has 1 atom stereocenters. The smallest absolute Gasteiger partial charge is 0.264 e. The fraction of sp³-hybridized carbons (Fsp3) is 0.286. The van der Waals surface area contributed by atoms with Crippen molar-refractivity contribution < 1.29 is 22.4 Å². The first kappa shape index (κ1) is 27.9. The van der Waals surface area contributed by atoms with Gasteiger partial charge in [-0.05, 0) is 54.8 Å². The van der Waals surface area contributed by atoms with Crippen molar-refractivity contribution in [2.24, 2.45) is 0 Å². The Labute approximate surface area is 218 Å². The van der Waals surface area contributed by atoms with Gasteiger partial charge in [0.1, 0.15) is 18.4 Å². The summed E-state index contributed by atoms with van der Waals surface area (Å²) < 4.78 is 41.9. The van der Waals surface area contributed by atoms with E-state index < -0.39 is 34.3 Å². The molecule has 3 aromatic rings. The van der Waals surface area contributed by atoms with E-state index in [1.54, 1.807) is 25.1 Å². The molecule has 0 bridgehead atoms. The molecule has 0 radical (unpaired) electrons. The number of nitrogens with one attached hydrogen (secondary N) is 1.